The summed E-state index contributed by atoms with van der Waals surface area (Å²) in [6, 6.07) is 0. The van der Waals surface area contributed by atoms with E-state index >= 15 is 0 Å². The molecule has 6 nitrogen and oxygen atoms in total. The minimum Gasteiger partial charge on any atom is -0.462 e. The van der Waals surface area contributed by atoms with Crippen molar-refractivity contribution < 1.29 is 41.4 Å². The zero-order chi connectivity index (χ0) is 38.1. The highest BCUT2D eigenvalue weighted by molar-refractivity contribution is 5.69. The molecule has 0 aliphatic heterocycles. The van der Waals surface area contributed by atoms with Crippen LogP contribution < -0.4 is 5.32 Å². The summed E-state index contributed by atoms with van der Waals surface area (Å²) in [6.45, 7) is 8.19. The van der Waals surface area contributed by atoms with Crippen LogP contribution in [0, 0.1) is 0 Å². The number of unbranched alkanes of at least 4 members (excludes halogenated alkanes) is 7. The average molecular weight is 728 g/mol. The van der Waals surface area contributed by atoms with Crippen LogP contribution in [0.5, 0.6) is 0 Å². The standard InChI is InChI=1S/C41H65F4NO5/c1-5-7-19-29-40(42,43)31-22-34-49-36(3)24-15-11-9-12-16-25-37(51-39(48)28-21-33-46-4)26-17-13-10-14-18-27-38(47)50-35-23-32-41(44,45)30-20-8-6-2/h5,7,9,12,23,31-32,34,37,46H,3,6,8,10-11,13-21,24-30,33,35H2,1-2,4H3/b7-5+,12-9+,32-23-. The second kappa shape index (κ2) is 31.6. The van der Waals surface area contributed by atoms with Crippen LogP contribution in [0.3, 0.4) is 0 Å². The van der Waals surface area contributed by atoms with Crippen LogP contribution in [0.2, 0.25) is 0 Å². The Hall–Kier alpha value is -3.10. The van der Waals surface area contributed by atoms with Gasteiger partial charge in [-0.1, -0.05) is 75.6 Å². The number of nitrogens with one attached hydrogen (secondary N) is 1. The molecule has 1 unspecified atom stereocenters. The number of hydrogen-bond acceptors (Lipinski definition) is 6. The second-order valence-electron chi connectivity index (χ2n) is 12.8. The lowest BCUT2D eigenvalue weighted by atomic mass is 10.0. The number of ether oxygens (including phenoxy) is 3. The van der Waals surface area contributed by atoms with Gasteiger partial charge >= 0.3 is 11.9 Å². The van der Waals surface area contributed by atoms with E-state index in [0.717, 1.165) is 102 Å². The van der Waals surface area contributed by atoms with E-state index < -0.39 is 11.8 Å². The van der Waals surface area contributed by atoms with Crippen molar-refractivity contribution in [3.8, 4) is 0 Å². The average Bonchev–Trinajstić information content (AvgIpc) is 3.07. The SMILES string of the molecule is C=C(CCC/C=C/CCC(CCCCCCCC(=O)OC/C=C\C(F)(F)CCCCC)OC(=O)CCCNC)OC=C=CC(F)(F)CC/C=C/C. The third kappa shape index (κ3) is 32.5. The van der Waals surface area contributed by atoms with Crippen molar-refractivity contribution in [2.45, 2.75) is 160 Å². The molecule has 0 radical (unpaired) electrons. The second-order valence-corrected chi connectivity index (χ2v) is 12.8. The fourth-order valence-electron chi connectivity index (χ4n) is 5.00. The highest BCUT2D eigenvalue weighted by Gasteiger charge is 2.24. The monoisotopic (exact) mass is 727 g/mol. The van der Waals surface area contributed by atoms with Crippen molar-refractivity contribution >= 4 is 11.9 Å². The summed E-state index contributed by atoms with van der Waals surface area (Å²) in [5.41, 5.74) is 2.39. The maximum atomic E-state index is 13.7. The molecule has 0 aromatic carbocycles. The molecule has 1 atom stereocenters. The quantitative estimate of drug-likeness (QED) is 0.0181. The minimum atomic E-state index is -2.94. The van der Waals surface area contributed by atoms with Crippen LogP contribution in [0.1, 0.15) is 142 Å². The zero-order valence-corrected chi connectivity index (χ0v) is 31.5. The van der Waals surface area contributed by atoms with Crippen molar-refractivity contribution in [2.24, 2.45) is 0 Å². The molecule has 0 aliphatic rings. The van der Waals surface area contributed by atoms with Gasteiger partial charge in [0.15, 0.2) is 0 Å². The topological polar surface area (TPSA) is 73.9 Å². The molecule has 0 saturated carbocycles. The summed E-state index contributed by atoms with van der Waals surface area (Å²) in [6.07, 6.45) is 23.4. The fraction of sp³-hybridized carbons (Fsp3) is 0.683. The lowest BCUT2D eigenvalue weighted by Gasteiger charge is -2.17. The van der Waals surface area contributed by atoms with Crippen molar-refractivity contribution in [1.82, 2.24) is 5.32 Å². The predicted octanol–water partition coefficient (Wildman–Crippen LogP) is 11.6. The maximum absolute atomic E-state index is 13.7. The Bertz CT molecular complexity index is 1080. The molecule has 0 fully saturated rings. The molecule has 10 heteroatoms. The van der Waals surface area contributed by atoms with E-state index in [9.17, 15) is 27.2 Å². The number of alkyl halides is 4. The molecule has 0 amide bonds. The number of halogens is 4. The van der Waals surface area contributed by atoms with Crippen LogP contribution in [0.4, 0.5) is 17.6 Å². The first-order valence-corrected chi connectivity index (χ1v) is 18.9. The van der Waals surface area contributed by atoms with Gasteiger partial charge in [0.25, 0.3) is 11.8 Å². The van der Waals surface area contributed by atoms with Gasteiger partial charge in [-0.15, -0.1) is 0 Å². The number of hydrogen-bond donors (Lipinski definition) is 1. The van der Waals surface area contributed by atoms with E-state index in [2.05, 4.69) is 29.8 Å². The molecule has 0 heterocycles. The first-order chi connectivity index (χ1) is 24.4. The predicted molar refractivity (Wildman–Crippen MR) is 199 cm³/mol. The number of rotatable bonds is 33. The number of carbonyl (C=O) groups excluding carboxylic acids is 2. The number of carbonyl (C=O) groups is 2. The van der Waals surface area contributed by atoms with E-state index in [1.165, 1.54) is 6.08 Å². The largest absolute Gasteiger partial charge is 0.462 e. The van der Waals surface area contributed by atoms with Gasteiger partial charge < -0.3 is 19.5 Å². The van der Waals surface area contributed by atoms with Gasteiger partial charge in [-0.05, 0) is 96.9 Å². The normalized spacial score (nSPS) is 12.7. The van der Waals surface area contributed by atoms with E-state index in [4.69, 9.17) is 14.2 Å². The van der Waals surface area contributed by atoms with Gasteiger partial charge in [0.05, 0.1) is 5.76 Å². The Balaban J connectivity index is 4.37. The van der Waals surface area contributed by atoms with Crippen LogP contribution in [-0.4, -0.2) is 50.1 Å². The first kappa shape index (κ1) is 47.9. The Morgan fingerprint density at radius 2 is 1.51 bits per heavy atom. The molecule has 292 valence electrons. The van der Waals surface area contributed by atoms with E-state index in [1.54, 1.807) is 19.1 Å². The van der Waals surface area contributed by atoms with Gasteiger partial charge in [-0.2, -0.15) is 0 Å². The van der Waals surface area contributed by atoms with E-state index in [-0.39, 0.29) is 43.9 Å². The summed E-state index contributed by atoms with van der Waals surface area (Å²) in [5.74, 6) is -5.89. The summed E-state index contributed by atoms with van der Waals surface area (Å²) < 4.78 is 71.0. The summed E-state index contributed by atoms with van der Waals surface area (Å²) >= 11 is 0. The van der Waals surface area contributed by atoms with E-state index in [0.29, 0.717) is 37.9 Å². The molecule has 0 aliphatic carbocycles. The van der Waals surface area contributed by atoms with Gasteiger partial charge in [0.1, 0.15) is 19.0 Å². The Labute approximate surface area is 305 Å². The van der Waals surface area contributed by atoms with Gasteiger partial charge in [-0.25, -0.2) is 17.6 Å². The highest BCUT2D eigenvalue weighted by Crippen LogP contribution is 2.24. The van der Waals surface area contributed by atoms with Gasteiger partial charge in [0.2, 0.25) is 0 Å². The fourth-order valence-corrected chi connectivity index (χ4v) is 5.00. The van der Waals surface area contributed by atoms with Crippen molar-refractivity contribution in [3.63, 3.8) is 0 Å². The Morgan fingerprint density at radius 1 is 0.784 bits per heavy atom. The number of esters is 2. The highest BCUT2D eigenvalue weighted by atomic mass is 19.3. The molecule has 0 bridgehead atoms. The molecule has 0 saturated heterocycles. The third-order valence-electron chi connectivity index (χ3n) is 7.95. The molecule has 0 aromatic heterocycles. The first-order valence-electron chi connectivity index (χ1n) is 18.9. The number of allylic oxidation sites excluding steroid dienone is 7. The molecule has 0 spiro atoms. The summed E-state index contributed by atoms with van der Waals surface area (Å²) in [5, 5.41) is 3.03. The molecule has 0 rings (SSSR count). The third-order valence-corrected chi connectivity index (χ3v) is 7.95. The summed E-state index contributed by atoms with van der Waals surface area (Å²) in [7, 11) is 1.85. The smallest absolute Gasteiger partial charge is 0.306 e. The van der Waals surface area contributed by atoms with Crippen LogP contribution in [0.25, 0.3) is 0 Å². The molecular formula is C41H65F4NO5. The summed E-state index contributed by atoms with van der Waals surface area (Å²) in [4.78, 5) is 24.3. The van der Waals surface area contributed by atoms with Crippen molar-refractivity contribution in [2.75, 3.05) is 20.2 Å². The molecular weight excluding hydrogens is 662 g/mol. The lowest BCUT2D eigenvalue weighted by molar-refractivity contribution is -0.150. The van der Waals surface area contributed by atoms with Crippen LogP contribution in [0.15, 0.2) is 66.9 Å². The minimum absolute atomic E-state index is 0.140. The van der Waals surface area contributed by atoms with E-state index in [1.807, 2.05) is 14.0 Å². The molecule has 0 aromatic rings. The van der Waals surface area contributed by atoms with Crippen molar-refractivity contribution in [3.05, 3.63) is 66.9 Å². The Kier molecular flexibility index (Phi) is 29.7. The molecule has 1 N–H and O–H groups in total. The lowest BCUT2D eigenvalue weighted by Crippen LogP contribution is -2.19. The van der Waals surface area contributed by atoms with Crippen LogP contribution >= 0.6 is 0 Å². The zero-order valence-electron chi connectivity index (χ0n) is 31.5. The van der Waals surface area contributed by atoms with Gasteiger partial charge in [-0.3, -0.25) is 9.59 Å². The maximum Gasteiger partial charge on any atom is 0.306 e. The molecule has 51 heavy (non-hydrogen) atoms. The van der Waals surface area contributed by atoms with Crippen molar-refractivity contribution in [1.29, 1.82) is 0 Å². The Morgan fingerprint density at radius 3 is 2.25 bits per heavy atom. The van der Waals surface area contributed by atoms with Crippen LogP contribution in [-0.2, 0) is 23.8 Å². The van der Waals surface area contributed by atoms with Gasteiger partial charge in [0, 0.05) is 38.2 Å².